The molecule has 0 atom stereocenters. The van der Waals surface area contributed by atoms with E-state index in [-0.39, 0.29) is 10.5 Å². The second-order valence-electron chi connectivity index (χ2n) is 6.69. The average Bonchev–Trinajstić information content (AvgIpc) is 2.82. The fourth-order valence-electron chi connectivity index (χ4n) is 2.81. The number of anilines is 2. The lowest BCUT2D eigenvalue weighted by Crippen LogP contribution is -2.26. The van der Waals surface area contributed by atoms with E-state index in [1.165, 1.54) is 38.4 Å². The van der Waals surface area contributed by atoms with Gasteiger partial charge in [-0.15, -0.1) is 0 Å². The van der Waals surface area contributed by atoms with Crippen LogP contribution in [0.3, 0.4) is 0 Å². The van der Waals surface area contributed by atoms with Crippen molar-refractivity contribution in [3.8, 4) is 5.75 Å². The number of nitrogens with one attached hydrogen (secondary N) is 1. The summed E-state index contributed by atoms with van der Waals surface area (Å²) in [5.41, 5.74) is 1.02. The first-order valence-electron chi connectivity index (χ1n) is 9.56. The molecule has 0 bridgehead atoms. The molecule has 0 spiro atoms. The minimum atomic E-state index is -3.93. The maximum atomic E-state index is 13.0. The Labute approximate surface area is 186 Å². The smallest absolute Gasteiger partial charge is 0.338 e. The Kier molecular flexibility index (Phi) is 7.11. The molecular weight excluding hydrogens is 432 g/mol. The van der Waals surface area contributed by atoms with Crippen LogP contribution in [0, 0.1) is 0 Å². The van der Waals surface area contributed by atoms with E-state index in [0.717, 1.165) is 4.31 Å². The fourth-order valence-corrected chi connectivity index (χ4v) is 4.05. The third-order valence-corrected chi connectivity index (χ3v) is 6.34. The highest BCUT2D eigenvalue weighted by Gasteiger charge is 2.23. The summed E-state index contributed by atoms with van der Waals surface area (Å²) in [6, 6.07) is 20.7. The third-order valence-electron chi connectivity index (χ3n) is 4.56. The molecule has 1 amide bonds. The van der Waals surface area contributed by atoms with Crippen LogP contribution >= 0.6 is 0 Å². The van der Waals surface area contributed by atoms with Crippen molar-refractivity contribution in [3.63, 3.8) is 0 Å². The lowest BCUT2D eigenvalue weighted by molar-refractivity contribution is -0.119. The molecule has 0 aromatic heterocycles. The van der Waals surface area contributed by atoms with E-state index in [9.17, 15) is 18.0 Å². The monoisotopic (exact) mass is 454 g/mol. The summed E-state index contributed by atoms with van der Waals surface area (Å²) in [6.45, 7) is -0.504. The van der Waals surface area contributed by atoms with Crippen molar-refractivity contribution < 1.29 is 27.5 Å². The van der Waals surface area contributed by atoms with Crippen LogP contribution in [0.15, 0.2) is 83.8 Å². The quantitative estimate of drug-likeness (QED) is 0.524. The predicted octanol–water partition coefficient (Wildman–Crippen LogP) is 3.32. The van der Waals surface area contributed by atoms with Crippen LogP contribution in [0.2, 0.25) is 0 Å². The van der Waals surface area contributed by atoms with Crippen molar-refractivity contribution >= 4 is 33.3 Å². The first kappa shape index (κ1) is 22.8. The van der Waals surface area contributed by atoms with E-state index in [1.54, 1.807) is 48.5 Å². The van der Waals surface area contributed by atoms with Gasteiger partial charge in [-0.05, 0) is 54.6 Å². The van der Waals surface area contributed by atoms with Gasteiger partial charge >= 0.3 is 5.97 Å². The average molecular weight is 455 g/mol. The molecule has 3 rings (SSSR count). The zero-order valence-electron chi connectivity index (χ0n) is 17.5. The third kappa shape index (κ3) is 5.44. The number of benzene rings is 3. The molecule has 0 unspecified atom stereocenters. The molecule has 32 heavy (non-hydrogen) atoms. The van der Waals surface area contributed by atoms with Gasteiger partial charge < -0.3 is 14.8 Å². The topological polar surface area (TPSA) is 102 Å². The van der Waals surface area contributed by atoms with Crippen LogP contribution in [0.25, 0.3) is 0 Å². The summed E-state index contributed by atoms with van der Waals surface area (Å²) in [5.74, 6) is -0.717. The minimum absolute atomic E-state index is 0.0155. The van der Waals surface area contributed by atoms with Crippen LogP contribution < -0.4 is 14.4 Å². The van der Waals surface area contributed by atoms with Crippen molar-refractivity contribution in [1.29, 1.82) is 0 Å². The maximum absolute atomic E-state index is 13.0. The van der Waals surface area contributed by atoms with Gasteiger partial charge in [0.05, 0.1) is 23.3 Å². The summed E-state index contributed by atoms with van der Waals surface area (Å²) >= 11 is 0. The van der Waals surface area contributed by atoms with Gasteiger partial charge in [0, 0.05) is 12.7 Å². The number of nitrogens with zero attached hydrogens (tertiary/aromatic N) is 1. The van der Waals surface area contributed by atoms with Crippen LogP contribution in [0.5, 0.6) is 5.75 Å². The van der Waals surface area contributed by atoms with Gasteiger partial charge in [0.15, 0.2) is 6.61 Å². The van der Waals surface area contributed by atoms with Gasteiger partial charge in [0.25, 0.3) is 15.9 Å². The number of para-hydroxylation sites is 1. The van der Waals surface area contributed by atoms with Gasteiger partial charge in [-0.3, -0.25) is 9.10 Å². The molecule has 1 N–H and O–H groups in total. The van der Waals surface area contributed by atoms with E-state index in [0.29, 0.717) is 17.1 Å². The molecule has 0 radical (unpaired) electrons. The molecule has 0 heterocycles. The normalized spacial score (nSPS) is 10.8. The van der Waals surface area contributed by atoms with Crippen molar-refractivity contribution in [2.75, 3.05) is 30.4 Å². The van der Waals surface area contributed by atoms with E-state index in [1.807, 2.05) is 6.07 Å². The Morgan fingerprint density at radius 2 is 1.62 bits per heavy atom. The lowest BCUT2D eigenvalue weighted by Gasteiger charge is -2.20. The Balaban J connectivity index is 1.69. The van der Waals surface area contributed by atoms with Gasteiger partial charge in [0.1, 0.15) is 5.75 Å². The summed E-state index contributed by atoms with van der Waals surface area (Å²) < 4.78 is 37.2. The van der Waals surface area contributed by atoms with E-state index in [4.69, 9.17) is 9.47 Å². The second kappa shape index (κ2) is 9.97. The van der Waals surface area contributed by atoms with Crippen molar-refractivity contribution in [3.05, 3.63) is 84.4 Å². The van der Waals surface area contributed by atoms with Gasteiger partial charge in [-0.1, -0.05) is 24.3 Å². The number of sulfonamides is 1. The maximum Gasteiger partial charge on any atom is 0.338 e. The number of carbonyl (C=O) groups excluding carboxylic acids is 2. The Morgan fingerprint density at radius 3 is 2.28 bits per heavy atom. The highest BCUT2D eigenvalue weighted by molar-refractivity contribution is 7.92. The summed E-state index contributed by atoms with van der Waals surface area (Å²) in [5, 5.41) is 2.60. The molecule has 3 aromatic rings. The zero-order chi connectivity index (χ0) is 23.1. The van der Waals surface area contributed by atoms with E-state index in [2.05, 4.69) is 5.32 Å². The SMILES string of the molecule is COc1ccc(N(C)S(=O)(=O)c2cccc(C(=O)OCC(=O)Nc3ccccc3)c2)cc1. The molecule has 0 saturated heterocycles. The molecule has 0 aliphatic rings. The largest absolute Gasteiger partial charge is 0.497 e. The molecule has 166 valence electrons. The van der Waals surface area contributed by atoms with Crippen molar-refractivity contribution in [1.82, 2.24) is 0 Å². The molecular formula is C23H22N2O6S. The Hall–Kier alpha value is -3.85. The molecule has 8 nitrogen and oxygen atoms in total. The highest BCUT2D eigenvalue weighted by Crippen LogP contribution is 2.25. The number of esters is 1. The fraction of sp³-hybridized carbons (Fsp3) is 0.130. The number of methoxy groups -OCH3 is 1. The molecule has 3 aromatic carbocycles. The molecule has 0 aliphatic heterocycles. The molecule has 0 aliphatic carbocycles. The first-order valence-corrected chi connectivity index (χ1v) is 11.0. The Bertz CT molecular complexity index is 1190. The lowest BCUT2D eigenvalue weighted by atomic mass is 10.2. The number of hydrogen-bond donors (Lipinski definition) is 1. The molecule has 0 fully saturated rings. The summed E-state index contributed by atoms with van der Waals surface area (Å²) in [7, 11) is -1.00. The van der Waals surface area contributed by atoms with Gasteiger partial charge in [0.2, 0.25) is 0 Å². The summed E-state index contributed by atoms with van der Waals surface area (Å²) in [6.07, 6.45) is 0. The van der Waals surface area contributed by atoms with Crippen LogP contribution in [-0.2, 0) is 19.6 Å². The van der Waals surface area contributed by atoms with Gasteiger partial charge in [-0.25, -0.2) is 13.2 Å². The number of hydrogen-bond acceptors (Lipinski definition) is 6. The van der Waals surface area contributed by atoms with E-state index >= 15 is 0 Å². The highest BCUT2D eigenvalue weighted by atomic mass is 32.2. The number of ether oxygens (including phenoxy) is 2. The number of amides is 1. The Morgan fingerprint density at radius 1 is 0.938 bits per heavy atom. The van der Waals surface area contributed by atoms with E-state index < -0.39 is 28.5 Å². The van der Waals surface area contributed by atoms with Crippen molar-refractivity contribution in [2.24, 2.45) is 0 Å². The predicted molar refractivity (Wildman–Crippen MR) is 120 cm³/mol. The molecule has 9 heteroatoms. The minimum Gasteiger partial charge on any atom is -0.497 e. The van der Waals surface area contributed by atoms with Crippen LogP contribution in [-0.4, -0.2) is 41.1 Å². The van der Waals surface area contributed by atoms with Crippen LogP contribution in [0.1, 0.15) is 10.4 Å². The van der Waals surface area contributed by atoms with Crippen LogP contribution in [0.4, 0.5) is 11.4 Å². The summed E-state index contributed by atoms with van der Waals surface area (Å²) in [4.78, 5) is 24.2. The van der Waals surface area contributed by atoms with Crippen molar-refractivity contribution in [2.45, 2.75) is 4.90 Å². The van der Waals surface area contributed by atoms with Gasteiger partial charge in [-0.2, -0.15) is 0 Å². The first-order chi connectivity index (χ1) is 15.3. The standard InChI is InChI=1S/C23H22N2O6S/c1-25(19-11-13-20(30-2)14-12-19)32(28,29)21-10-6-7-17(15-21)23(27)31-16-22(26)24-18-8-4-3-5-9-18/h3-15H,16H2,1-2H3,(H,24,26). The molecule has 0 saturated carbocycles. The number of rotatable bonds is 8. The number of carbonyl (C=O) groups is 2. The second-order valence-corrected chi connectivity index (χ2v) is 8.66. The zero-order valence-corrected chi connectivity index (χ0v) is 18.3.